The van der Waals surface area contributed by atoms with E-state index in [-0.39, 0.29) is 86.4 Å². The van der Waals surface area contributed by atoms with Crippen LogP contribution in [0.15, 0.2) is 212 Å². The third-order valence-corrected chi connectivity index (χ3v) is 25.0. The summed E-state index contributed by atoms with van der Waals surface area (Å²) >= 11 is 0. The van der Waals surface area contributed by atoms with Gasteiger partial charge in [0.25, 0.3) is 29.5 Å². The number of nitrogen functional groups attached to an aromatic ring is 3. The number of carbonyl (C=O) groups excluding carboxylic acids is 10. The van der Waals surface area contributed by atoms with Crippen LogP contribution in [0.25, 0.3) is 33.1 Å². The van der Waals surface area contributed by atoms with Gasteiger partial charge in [-0.15, -0.1) is 0 Å². The summed E-state index contributed by atoms with van der Waals surface area (Å²) in [6.45, 7) is 12.5. The Morgan fingerprint density at radius 3 is 1.14 bits per heavy atom. The molecule has 9 aromatic carbocycles. The van der Waals surface area contributed by atoms with Gasteiger partial charge in [0.15, 0.2) is 5.78 Å². The minimum absolute atomic E-state index is 0. The van der Waals surface area contributed by atoms with Gasteiger partial charge in [0.2, 0.25) is 5.91 Å². The smallest absolute Gasteiger partial charge is 0.410 e. The number of ketones is 1. The Hall–Kier alpha value is -15.4. The molecule has 0 spiro atoms. The molecule has 5 aliphatic rings. The zero-order valence-electron chi connectivity index (χ0n) is 74.8. The molecule has 4 atom stereocenters. The molecular weight excluding hydrogens is 1690 g/mol. The highest BCUT2D eigenvalue weighted by atomic mass is 16.6. The van der Waals surface area contributed by atoms with Gasteiger partial charge in [0.1, 0.15) is 76.0 Å². The number of hydrogen-bond acceptors (Lipinski definition) is 21. The van der Waals surface area contributed by atoms with Crippen molar-refractivity contribution in [3.8, 4) is 0 Å². The number of fused-ring (bicyclic) bond motifs is 3. The number of carboxylic acid groups (broad SMARTS) is 1. The number of aromatic amines is 3. The molecular formula is C98H111BN19O15. The van der Waals surface area contributed by atoms with E-state index in [9.17, 15) is 57.8 Å². The lowest BCUT2D eigenvalue weighted by molar-refractivity contribution is -0.148. The Kier molecular flexibility index (Phi) is 31.7. The molecule has 133 heavy (non-hydrogen) atoms. The molecule has 3 unspecified atom stereocenters. The molecule has 4 aliphatic heterocycles. The van der Waals surface area contributed by atoms with Gasteiger partial charge in [-0.3, -0.25) is 58.0 Å². The number of primary amides is 5. The highest BCUT2D eigenvalue weighted by molar-refractivity contribution is 6.08. The summed E-state index contributed by atoms with van der Waals surface area (Å²) in [5.74, 6) is -1.74. The average molecular weight is 1810 g/mol. The maximum absolute atomic E-state index is 13.0. The summed E-state index contributed by atoms with van der Waals surface area (Å²) in [4.78, 5) is 162. The lowest BCUT2D eigenvalue weighted by Crippen LogP contribution is -2.53. The average Bonchev–Trinajstić information content (AvgIpc) is 1.63. The number of benzene rings is 9. The zero-order chi connectivity index (χ0) is 94.8. The van der Waals surface area contributed by atoms with Gasteiger partial charge in [-0.25, -0.2) is 29.3 Å². The molecule has 21 N–H and O–H groups in total. The van der Waals surface area contributed by atoms with Crippen LogP contribution in [0.1, 0.15) is 208 Å². The Morgan fingerprint density at radius 2 is 0.729 bits per heavy atom. The summed E-state index contributed by atoms with van der Waals surface area (Å²) in [6.07, 6.45) is 9.25. The van der Waals surface area contributed by atoms with E-state index < -0.39 is 69.7 Å². The van der Waals surface area contributed by atoms with E-state index in [2.05, 4.69) is 42.1 Å². The van der Waals surface area contributed by atoms with Crippen molar-refractivity contribution in [3.05, 3.63) is 280 Å². The number of ether oxygens (including phenoxy) is 3. The molecule has 691 valence electrons. The predicted octanol–water partition coefficient (Wildman–Crippen LogP) is 13.0. The normalized spacial score (nSPS) is 18.5. The highest BCUT2D eigenvalue weighted by Gasteiger charge is 2.49. The van der Waals surface area contributed by atoms with Crippen LogP contribution in [-0.2, 0) is 60.1 Å². The van der Waals surface area contributed by atoms with E-state index in [4.69, 9.17) is 60.1 Å². The van der Waals surface area contributed by atoms with Crippen LogP contribution < -0.4 is 51.2 Å². The minimum atomic E-state index is -1.09. The lowest BCUT2D eigenvalue weighted by atomic mass is 9.88. The fourth-order valence-electron chi connectivity index (χ4n) is 17.1. The van der Waals surface area contributed by atoms with Gasteiger partial charge in [-0.1, -0.05) is 171 Å². The van der Waals surface area contributed by atoms with Gasteiger partial charge in [-0.2, -0.15) is 0 Å². The van der Waals surface area contributed by atoms with E-state index in [1.54, 1.807) is 95.3 Å². The standard InChI is InChI=1S/C21H24N4O4.2C21H22N4O3.C14H17N3O.C14H17NO3.C7H9N3O.B/c1-21(19(27)24-16-10-5-9-15(17(16)22)18(23)26)11-6-12-25(21)20(28)29-13-14-7-3-2-4-8-14;2*1-21(19-23-16-10-5-9-15(18(22)26)17(16)24-19)11-6-12-25(21)20(27)28-13-14-7-3-2-4-8-14;1-14(7-2-3-8-14)13-16-10-6-4-5-9(12(15)18)11(10)17-13;1-14(13(17)18)8-5-9-15(14)10-12(16)11-6-3-2-4-7-11;8-5-3-1-2-4(6(5)9)7(10)11;/h2-5,7-10H,6,11-13,22H2,1H3,(H2,23,26)(H,24,27);2*2-5,7-10H,6,11-13H2,1H3,(H2,22,26)(H,23,24);4-6H,2-3,7-8H2,1H3,(H2,15,18)(H,16,17);2-4,6-7H,5,8-10H2,1H3,(H,17,18);1-3H,8-9H2,(H2,10,11);/t;21-;;;;;/m.1...../s1. The molecule has 0 bridgehead atoms. The number of rotatable bonds is 20. The lowest BCUT2D eigenvalue weighted by Gasteiger charge is -2.33. The number of imidazole rings is 3. The van der Waals surface area contributed by atoms with Crippen molar-refractivity contribution in [3.63, 3.8) is 0 Å². The SMILES string of the molecule is CC1(C(=O)Nc2cccc(C(N)=O)c2N)CCCN1C(=O)OCc1ccccc1.CC1(C(=O)O)CCCN1CC(=O)c1ccccc1.CC1(c2nc3c(C(N)=O)cccc3[nH]2)CCCC1.CC1(c2nc3c(C(N)=O)cccc3[nH]2)CCCN1C(=O)OCc1ccccc1.C[C@]1(c2nc3c(C(N)=O)cccc3[nH]2)CCCN1C(=O)OCc1ccccc1.NC(=O)c1cccc(N)c1N.[B]. The van der Waals surface area contributed by atoms with Crippen molar-refractivity contribution in [2.75, 3.05) is 55.2 Å². The van der Waals surface area contributed by atoms with Crippen LogP contribution in [0.3, 0.4) is 0 Å². The van der Waals surface area contributed by atoms with Crippen LogP contribution in [0, 0.1) is 0 Å². The Labute approximate surface area is 770 Å². The first-order valence-corrected chi connectivity index (χ1v) is 43.4. The third-order valence-electron chi connectivity index (χ3n) is 25.0. The second kappa shape index (κ2) is 42.9. The number of carbonyl (C=O) groups is 11. The molecule has 3 aromatic heterocycles. The summed E-state index contributed by atoms with van der Waals surface area (Å²) < 4.78 is 16.5. The number of nitrogens with zero attached hydrogens (tertiary/aromatic N) is 7. The fourth-order valence-corrected chi connectivity index (χ4v) is 17.1. The van der Waals surface area contributed by atoms with Gasteiger partial charge in [0, 0.05) is 39.0 Å². The summed E-state index contributed by atoms with van der Waals surface area (Å²) in [5, 5.41) is 12.0. The number of nitrogens with two attached hydrogens (primary N) is 8. The summed E-state index contributed by atoms with van der Waals surface area (Å²) in [5.41, 5.74) is 50.4. The summed E-state index contributed by atoms with van der Waals surface area (Å²) in [6, 6.07) is 62.9. The second-order valence-electron chi connectivity index (χ2n) is 34.1. The van der Waals surface area contributed by atoms with E-state index >= 15 is 0 Å². The number of para-hydroxylation sites is 5. The van der Waals surface area contributed by atoms with Crippen LogP contribution in [0.2, 0.25) is 0 Å². The molecule has 35 heteroatoms. The molecule has 1 aliphatic carbocycles. The molecule has 1 saturated carbocycles. The Bertz CT molecular complexity index is 6070. The van der Waals surface area contributed by atoms with Gasteiger partial charge < -0.3 is 85.5 Å². The van der Waals surface area contributed by atoms with Crippen molar-refractivity contribution >= 4 is 130 Å². The van der Waals surface area contributed by atoms with E-state index in [0.29, 0.717) is 102 Å². The first-order valence-electron chi connectivity index (χ1n) is 43.4. The first-order chi connectivity index (χ1) is 63.1. The number of Topliss-reactive ketones (excluding diaryl/α,β-unsaturated/α-hetero) is 1. The fraction of sp³-hybridized carbons (Fsp3) is 0.306. The number of aliphatic carboxylic acids is 1. The maximum Gasteiger partial charge on any atom is 0.410 e. The number of aromatic nitrogens is 6. The van der Waals surface area contributed by atoms with Crippen molar-refractivity contribution in [2.45, 2.75) is 159 Å². The zero-order valence-corrected chi connectivity index (χ0v) is 74.8. The Morgan fingerprint density at radius 1 is 0.383 bits per heavy atom. The molecule has 4 saturated heterocycles. The predicted molar refractivity (Wildman–Crippen MR) is 506 cm³/mol. The van der Waals surface area contributed by atoms with E-state index in [1.807, 2.05) is 147 Å². The molecule has 34 nitrogen and oxygen atoms in total. The molecule has 3 radical (unpaired) electrons. The quantitative estimate of drug-likeness (QED) is 0.0146. The van der Waals surface area contributed by atoms with Crippen LogP contribution in [-0.4, -0.2) is 172 Å². The number of carboxylic acids is 1. The van der Waals surface area contributed by atoms with Crippen LogP contribution in [0.4, 0.5) is 37.1 Å². The number of likely N-dealkylation sites (tertiary alicyclic amines) is 4. The number of anilines is 4. The monoisotopic (exact) mass is 1800 g/mol. The number of amides is 9. The molecule has 17 rings (SSSR count). The third kappa shape index (κ3) is 22.5. The van der Waals surface area contributed by atoms with Gasteiger partial charge in [0.05, 0.1) is 73.7 Å². The highest BCUT2D eigenvalue weighted by Crippen LogP contribution is 2.43. The number of hydrogen-bond donors (Lipinski definition) is 13. The Balaban J connectivity index is 0.000000157. The first kappa shape index (κ1) is 98.2. The largest absolute Gasteiger partial charge is 0.480 e. The van der Waals surface area contributed by atoms with E-state index in [1.165, 1.54) is 29.9 Å². The number of H-pyrrole nitrogens is 3. The van der Waals surface area contributed by atoms with Crippen molar-refractivity contribution < 1.29 is 72.1 Å². The van der Waals surface area contributed by atoms with Crippen molar-refractivity contribution in [1.82, 2.24) is 49.5 Å². The molecule has 9 amide bonds. The topological polar surface area (TPSA) is 555 Å². The van der Waals surface area contributed by atoms with Crippen molar-refractivity contribution in [1.29, 1.82) is 0 Å². The number of nitrogens with one attached hydrogen (secondary N) is 4. The minimum Gasteiger partial charge on any atom is -0.480 e. The maximum atomic E-state index is 13.0. The van der Waals surface area contributed by atoms with Crippen LogP contribution >= 0.6 is 0 Å². The molecule has 7 heterocycles. The van der Waals surface area contributed by atoms with Gasteiger partial charge >= 0.3 is 24.2 Å². The van der Waals surface area contributed by atoms with Crippen molar-refractivity contribution in [2.24, 2.45) is 28.7 Å². The summed E-state index contributed by atoms with van der Waals surface area (Å²) in [7, 11) is 0. The molecule has 5 fully saturated rings. The second-order valence-corrected chi connectivity index (χ2v) is 34.1. The molecule has 12 aromatic rings. The van der Waals surface area contributed by atoms with E-state index in [0.717, 1.165) is 84.0 Å². The van der Waals surface area contributed by atoms with Gasteiger partial charge in [-0.05, 0) is 176 Å². The van der Waals surface area contributed by atoms with Crippen LogP contribution in [0.5, 0.6) is 0 Å².